The van der Waals surface area contributed by atoms with E-state index < -0.39 is 48.6 Å². The van der Waals surface area contributed by atoms with E-state index >= 15 is 0 Å². The van der Waals surface area contributed by atoms with Crippen LogP contribution in [0.4, 0.5) is 52.7 Å². The largest absolute Gasteiger partial charge is 0.508 e. The highest BCUT2D eigenvalue weighted by Crippen LogP contribution is 2.17. The number of amides is 1. The van der Waals surface area contributed by atoms with E-state index in [9.17, 15) is 72.8 Å². The maximum atomic E-state index is 11.1. The van der Waals surface area contributed by atoms with Crippen LogP contribution in [-0.4, -0.2) is 135 Å². The Morgan fingerprint density at radius 3 is 0.985 bits per heavy atom. The summed E-state index contributed by atoms with van der Waals surface area (Å²) >= 11 is 0. The summed E-state index contributed by atoms with van der Waals surface area (Å²) < 4.78 is 127. The van der Waals surface area contributed by atoms with Crippen molar-refractivity contribution in [2.24, 2.45) is 11.5 Å². The lowest BCUT2D eigenvalue weighted by atomic mass is 10.0. The van der Waals surface area contributed by atoms with E-state index in [-0.39, 0.29) is 47.7 Å². The summed E-state index contributed by atoms with van der Waals surface area (Å²) in [6.07, 6.45) is -17.9. The zero-order valence-corrected chi connectivity index (χ0v) is 34.2. The lowest BCUT2D eigenvalue weighted by Crippen LogP contribution is -2.50. The van der Waals surface area contributed by atoms with Gasteiger partial charge in [-0.25, -0.2) is 19.2 Å². The van der Waals surface area contributed by atoms with E-state index in [1.807, 2.05) is 36.4 Å². The van der Waals surface area contributed by atoms with Crippen LogP contribution in [0.1, 0.15) is 23.1 Å². The Labute approximate surface area is 371 Å². The standard InChI is InChI=1S/C30H41N5O4.4C2HF3O2/c31-24(15-21-1-7-27(36)8-2-21)18-34-26(17-23-5-11-29(38)12-6-23)20-35-25(19-33-14-13-30(32)39)16-22-3-9-28(37)10-4-22;4*3-2(4,5)1(6)7/h1-12,24-26,33-38H,13-20,31H2,(H2,32,39);4*(H,6,7)/t24-,25-,26-;;;;/m0..../s1. The summed E-state index contributed by atoms with van der Waals surface area (Å²) in [5.41, 5.74) is 14.9. The van der Waals surface area contributed by atoms with Crippen LogP contribution >= 0.6 is 0 Å². The third-order valence-corrected chi connectivity index (χ3v) is 7.50. The number of aromatic hydroxyl groups is 3. The molecule has 0 aliphatic rings. The lowest BCUT2D eigenvalue weighted by molar-refractivity contribution is -0.193. The first-order valence-electron chi connectivity index (χ1n) is 18.3. The number of rotatable bonds is 17. The second-order valence-electron chi connectivity index (χ2n) is 13.2. The molecule has 0 radical (unpaired) electrons. The summed E-state index contributed by atoms with van der Waals surface area (Å²) in [6.45, 7) is 2.41. The summed E-state index contributed by atoms with van der Waals surface area (Å²) in [6, 6.07) is 21.5. The number of aliphatic carboxylic acids is 4. The van der Waals surface area contributed by atoms with Crippen LogP contribution in [0.15, 0.2) is 72.8 Å². The fraction of sp³-hybridized carbons (Fsp3) is 0.395. The summed E-state index contributed by atoms with van der Waals surface area (Å²) in [7, 11) is 0. The van der Waals surface area contributed by atoms with Gasteiger partial charge in [-0.1, -0.05) is 36.4 Å². The molecule has 3 atom stereocenters. The topological polar surface area (TPSA) is 315 Å². The van der Waals surface area contributed by atoms with Crippen LogP contribution in [0.5, 0.6) is 17.2 Å². The zero-order chi connectivity index (χ0) is 52.3. The van der Waals surface area contributed by atoms with Gasteiger partial charge in [-0.2, -0.15) is 52.7 Å². The Hall–Kier alpha value is -6.59. The molecule has 0 aliphatic heterocycles. The molecule has 17 nitrogen and oxygen atoms in total. The molecular formula is C38H45F12N5O12. The maximum Gasteiger partial charge on any atom is 0.490 e. The Kier molecular flexibility index (Phi) is 27.8. The Balaban J connectivity index is 0. The number of primary amides is 1. The third-order valence-electron chi connectivity index (χ3n) is 7.50. The zero-order valence-electron chi connectivity index (χ0n) is 34.2. The van der Waals surface area contributed by atoms with Crippen molar-refractivity contribution >= 4 is 29.8 Å². The molecule has 0 heterocycles. The quantitative estimate of drug-likeness (QED) is 0.0670. The molecule has 0 aromatic heterocycles. The molecule has 0 saturated heterocycles. The number of carboxylic acids is 4. The van der Waals surface area contributed by atoms with Gasteiger partial charge in [-0.15, -0.1) is 0 Å². The molecule has 67 heavy (non-hydrogen) atoms. The fourth-order valence-electron chi connectivity index (χ4n) is 4.39. The molecule has 14 N–H and O–H groups in total. The normalized spacial score (nSPS) is 12.6. The monoisotopic (exact) mass is 991 g/mol. The van der Waals surface area contributed by atoms with E-state index in [4.69, 9.17) is 51.1 Å². The van der Waals surface area contributed by atoms with Crippen molar-refractivity contribution in [3.8, 4) is 17.2 Å². The first kappa shape index (κ1) is 62.5. The van der Waals surface area contributed by atoms with Crippen LogP contribution in [-0.2, 0) is 43.2 Å². The average Bonchev–Trinajstić information content (AvgIpc) is 3.19. The summed E-state index contributed by atoms with van der Waals surface area (Å²) in [5.74, 6) is -10.7. The molecule has 1 amide bonds. The van der Waals surface area contributed by atoms with Crippen LogP contribution < -0.4 is 27.4 Å². The van der Waals surface area contributed by atoms with Crippen molar-refractivity contribution in [3.05, 3.63) is 89.5 Å². The predicted octanol–water partition coefficient (Wildman–Crippen LogP) is 4.07. The first-order valence-corrected chi connectivity index (χ1v) is 18.3. The van der Waals surface area contributed by atoms with E-state index in [0.717, 1.165) is 29.5 Å². The van der Waals surface area contributed by atoms with Crippen LogP contribution in [0.3, 0.4) is 0 Å². The second-order valence-corrected chi connectivity index (χ2v) is 13.2. The number of benzene rings is 3. The minimum absolute atomic E-state index is 0.0633. The van der Waals surface area contributed by atoms with Gasteiger partial charge in [0.15, 0.2) is 0 Å². The number of phenols is 3. The van der Waals surface area contributed by atoms with Crippen molar-refractivity contribution in [2.75, 3.05) is 26.2 Å². The molecule has 0 unspecified atom stereocenters. The van der Waals surface area contributed by atoms with Crippen molar-refractivity contribution in [1.82, 2.24) is 16.0 Å². The number of carbonyl (C=O) groups is 5. The second kappa shape index (κ2) is 29.8. The van der Waals surface area contributed by atoms with Crippen LogP contribution in [0.25, 0.3) is 0 Å². The van der Waals surface area contributed by atoms with Gasteiger partial charge in [-0.3, -0.25) is 4.79 Å². The van der Waals surface area contributed by atoms with Gasteiger partial charge in [0.25, 0.3) is 0 Å². The fourth-order valence-corrected chi connectivity index (χ4v) is 4.39. The van der Waals surface area contributed by atoms with Gasteiger partial charge in [-0.05, 0) is 72.4 Å². The number of hydrogen-bond acceptors (Lipinski definition) is 12. The highest BCUT2D eigenvalue weighted by Gasteiger charge is 2.40. The number of nitrogens with two attached hydrogens (primary N) is 2. The van der Waals surface area contributed by atoms with E-state index in [1.165, 1.54) is 0 Å². The number of alkyl halides is 12. The van der Waals surface area contributed by atoms with E-state index in [0.29, 0.717) is 32.6 Å². The molecule has 0 bridgehead atoms. The Morgan fingerprint density at radius 1 is 0.463 bits per heavy atom. The number of halogens is 12. The van der Waals surface area contributed by atoms with Gasteiger partial charge >= 0.3 is 48.6 Å². The number of nitrogens with one attached hydrogen (secondary N) is 3. The highest BCUT2D eigenvalue weighted by molar-refractivity contribution is 5.74. The number of phenolic OH excluding ortho intramolecular Hbond substituents is 3. The highest BCUT2D eigenvalue weighted by atomic mass is 19.4. The lowest BCUT2D eigenvalue weighted by Gasteiger charge is -2.26. The Morgan fingerprint density at radius 2 is 0.716 bits per heavy atom. The number of hydrogen-bond donors (Lipinski definition) is 12. The molecule has 0 spiro atoms. The van der Waals surface area contributed by atoms with Crippen LogP contribution in [0, 0.1) is 0 Å². The van der Waals surface area contributed by atoms with Crippen molar-refractivity contribution < 1.29 is 112 Å². The summed E-state index contributed by atoms with van der Waals surface area (Å²) in [5, 5.41) is 67.9. The molecule has 0 fully saturated rings. The Bertz CT molecular complexity index is 1840. The van der Waals surface area contributed by atoms with Crippen molar-refractivity contribution in [2.45, 2.75) is 68.5 Å². The minimum Gasteiger partial charge on any atom is -0.508 e. The van der Waals surface area contributed by atoms with Gasteiger partial charge in [0.2, 0.25) is 5.91 Å². The van der Waals surface area contributed by atoms with Gasteiger partial charge in [0.05, 0.1) is 0 Å². The van der Waals surface area contributed by atoms with E-state index in [2.05, 4.69) is 16.0 Å². The molecule has 29 heteroatoms. The molecule has 3 rings (SSSR count). The SMILES string of the molecule is NC(=O)CCNC[C@H](Cc1ccc(O)cc1)NC[C@H](Cc1ccc(O)cc1)NC[C@@H](N)Cc1ccc(O)cc1.O=C(O)C(F)(F)F.O=C(O)C(F)(F)F.O=C(O)C(F)(F)F.O=C(O)C(F)(F)F. The first-order chi connectivity index (χ1) is 30.5. The predicted molar refractivity (Wildman–Crippen MR) is 208 cm³/mol. The molecule has 3 aromatic carbocycles. The van der Waals surface area contributed by atoms with E-state index in [1.54, 1.807) is 36.4 Å². The summed E-state index contributed by atoms with van der Waals surface area (Å²) in [4.78, 5) is 46.7. The third kappa shape index (κ3) is 33.5. The number of carbonyl (C=O) groups excluding carboxylic acids is 1. The maximum absolute atomic E-state index is 11.1. The van der Waals surface area contributed by atoms with Gasteiger partial charge in [0.1, 0.15) is 17.2 Å². The minimum atomic E-state index is -5.08. The van der Waals surface area contributed by atoms with Crippen molar-refractivity contribution in [3.63, 3.8) is 0 Å². The number of carboxylic acid groups (broad SMARTS) is 4. The van der Waals surface area contributed by atoms with Crippen LogP contribution in [0.2, 0.25) is 0 Å². The molecule has 0 saturated carbocycles. The molecular weight excluding hydrogens is 946 g/mol. The molecule has 0 aliphatic carbocycles. The molecule has 3 aromatic rings. The molecule has 378 valence electrons. The smallest absolute Gasteiger partial charge is 0.490 e. The average molecular weight is 992 g/mol. The van der Waals surface area contributed by atoms with Crippen molar-refractivity contribution in [1.29, 1.82) is 0 Å². The van der Waals surface area contributed by atoms with Gasteiger partial charge < -0.3 is 63.2 Å². The van der Waals surface area contributed by atoms with Gasteiger partial charge in [0, 0.05) is 50.7 Å².